The van der Waals surface area contributed by atoms with E-state index in [2.05, 4.69) is 47.3 Å². The topological polar surface area (TPSA) is 45.5 Å². The molecule has 5 heteroatoms. The average molecular weight is 289 g/mol. The predicted octanol–water partition coefficient (Wildman–Crippen LogP) is 3.42. The van der Waals surface area contributed by atoms with Gasteiger partial charge in [-0.2, -0.15) is 0 Å². The Hall–Kier alpha value is -1.78. The van der Waals surface area contributed by atoms with Crippen molar-refractivity contribution < 1.29 is 0 Å². The van der Waals surface area contributed by atoms with Crippen molar-refractivity contribution in [3.63, 3.8) is 0 Å². The highest BCUT2D eigenvalue weighted by Crippen LogP contribution is 2.22. The molecule has 116 valence electrons. The molecule has 2 aromatic rings. The lowest BCUT2D eigenvalue weighted by molar-refractivity contribution is 0.546. The maximum atomic E-state index is 4.80. The molecule has 0 radical (unpaired) electrons. The highest BCUT2D eigenvalue weighted by atomic mass is 15.2. The molecule has 0 spiro atoms. The van der Waals surface area contributed by atoms with E-state index in [1.807, 2.05) is 18.6 Å². The van der Waals surface area contributed by atoms with Crippen molar-refractivity contribution in [2.24, 2.45) is 5.92 Å². The van der Waals surface area contributed by atoms with Crippen molar-refractivity contribution in [1.29, 1.82) is 0 Å². The first-order valence-corrected chi connectivity index (χ1v) is 8.02. The van der Waals surface area contributed by atoms with Crippen LogP contribution in [-0.2, 0) is 0 Å². The van der Waals surface area contributed by atoms with Gasteiger partial charge in [-0.1, -0.05) is 27.2 Å². The Balaban J connectivity index is 2.36. The quantitative estimate of drug-likeness (QED) is 0.809. The Morgan fingerprint density at radius 1 is 1.33 bits per heavy atom. The standard InChI is InChI=1S/C16H27N5/c1-5-8-17-14-12-21-10-9-18-15(21)16(19-14)20(7-3)11-13(4)6-2/h9-10,12-13,17H,5-8,11H2,1-4H3. The average Bonchev–Trinajstić information content (AvgIpc) is 2.97. The summed E-state index contributed by atoms with van der Waals surface area (Å²) in [5.41, 5.74) is 0.933. The van der Waals surface area contributed by atoms with E-state index in [9.17, 15) is 0 Å². The summed E-state index contributed by atoms with van der Waals surface area (Å²) in [4.78, 5) is 11.6. The molecular formula is C16H27N5. The summed E-state index contributed by atoms with van der Waals surface area (Å²) in [6.07, 6.45) is 8.09. The molecule has 0 bridgehead atoms. The zero-order valence-electron chi connectivity index (χ0n) is 13.6. The molecule has 0 aliphatic rings. The lowest BCUT2D eigenvalue weighted by atomic mass is 10.1. The molecule has 0 saturated carbocycles. The summed E-state index contributed by atoms with van der Waals surface area (Å²) in [6, 6.07) is 0. The molecule has 2 heterocycles. The second-order valence-corrected chi connectivity index (χ2v) is 5.59. The number of rotatable bonds is 8. The van der Waals surface area contributed by atoms with Crippen LogP contribution in [0.1, 0.15) is 40.5 Å². The maximum Gasteiger partial charge on any atom is 0.180 e. The number of aromatic nitrogens is 3. The largest absolute Gasteiger partial charge is 0.369 e. The molecule has 2 rings (SSSR count). The Morgan fingerprint density at radius 3 is 2.81 bits per heavy atom. The van der Waals surface area contributed by atoms with E-state index >= 15 is 0 Å². The molecule has 0 saturated heterocycles. The summed E-state index contributed by atoms with van der Waals surface area (Å²) in [6.45, 7) is 11.7. The zero-order chi connectivity index (χ0) is 15.2. The lowest BCUT2D eigenvalue weighted by Crippen LogP contribution is -2.29. The van der Waals surface area contributed by atoms with Crippen molar-refractivity contribution in [2.45, 2.75) is 40.5 Å². The molecule has 21 heavy (non-hydrogen) atoms. The van der Waals surface area contributed by atoms with Gasteiger partial charge < -0.3 is 14.6 Å². The van der Waals surface area contributed by atoms with Crippen LogP contribution in [0.2, 0.25) is 0 Å². The fourth-order valence-corrected chi connectivity index (χ4v) is 2.34. The molecule has 0 amide bonds. The first-order valence-electron chi connectivity index (χ1n) is 8.02. The second-order valence-electron chi connectivity index (χ2n) is 5.59. The van der Waals surface area contributed by atoms with Crippen LogP contribution in [0.15, 0.2) is 18.6 Å². The van der Waals surface area contributed by atoms with Crippen LogP contribution in [-0.4, -0.2) is 34.0 Å². The number of imidazole rings is 1. The summed E-state index contributed by atoms with van der Waals surface area (Å²) in [5.74, 6) is 2.54. The van der Waals surface area contributed by atoms with Crippen molar-refractivity contribution >= 4 is 17.3 Å². The molecule has 0 fully saturated rings. The Morgan fingerprint density at radius 2 is 2.14 bits per heavy atom. The predicted molar refractivity (Wildman–Crippen MR) is 89.1 cm³/mol. The summed E-state index contributed by atoms with van der Waals surface area (Å²) >= 11 is 0. The third-order valence-electron chi connectivity index (χ3n) is 3.82. The van der Waals surface area contributed by atoms with Crippen molar-refractivity contribution in [2.75, 3.05) is 29.9 Å². The van der Waals surface area contributed by atoms with Gasteiger partial charge in [-0.05, 0) is 19.3 Å². The monoisotopic (exact) mass is 289 g/mol. The molecule has 1 unspecified atom stereocenters. The van der Waals surface area contributed by atoms with Crippen LogP contribution >= 0.6 is 0 Å². The normalized spacial score (nSPS) is 12.6. The van der Waals surface area contributed by atoms with E-state index in [-0.39, 0.29) is 0 Å². The third-order valence-corrected chi connectivity index (χ3v) is 3.82. The molecular weight excluding hydrogens is 262 g/mol. The van der Waals surface area contributed by atoms with E-state index in [1.54, 1.807) is 0 Å². The van der Waals surface area contributed by atoms with Crippen molar-refractivity contribution in [1.82, 2.24) is 14.4 Å². The molecule has 1 atom stereocenters. The van der Waals surface area contributed by atoms with Gasteiger partial charge in [0.25, 0.3) is 0 Å². The Kier molecular flexibility index (Phi) is 5.42. The van der Waals surface area contributed by atoms with Gasteiger partial charge in [0, 0.05) is 32.0 Å². The fraction of sp³-hybridized carbons (Fsp3) is 0.625. The number of nitrogens with zero attached hydrogens (tertiary/aromatic N) is 4. The minimum Gasteiger partial charge on any atom is -0.369 e. The van der Waals surface area contributed by atoms with Gasteiger partial charge in [0.2, 0.25) is 0 Å². The van der Waals surface area contributed by atoms with Gasteiger partial charge in [-0.25, -0.2) is 9.97 Å². The van der Waals surface area contributed by atoms with E-state index in [0.717, 1.165) is 43.3 Å². The van der Waals surface area contributed by atoms with Gasteiger partial charge in [0.05, 0.1) is 6.20 Å². The molecule has 0 aliphatic carbocycles. The minimum atomic E-state index is 0.647. The first-order chi connectivity index (χ1) is 10.2. The van der Waals surface area contributed by atoms with Crippen LogP contribution in [0.5, 0.6) is 0 Å². The van der Waals surface area contributed by atoms with Crippen molar-refractivity contribution in [3.05, 3.63) is 18.6 Å². The molecule has 0 aliphatic heterocycles. The van der Waals surface area contributed by atoms with E-state index < -0.39 is 0 Å². The van der Waals surface area contributed by atoms with Crippen LogP contribution in [0.4, 0.5) is 11.6 Å². The van der Waals surface area contributed by atoms with E-state index in [1.165, 1.54) is 6.42 Å². The molecule has 2 aromatic heterocycles. The molecule has 1 N–H and O–H groups in total. The molecule has 5 nitrogen and oxygen atoms in total. The summed E-state index contributed by atoms with van der Waals surface area (Å²) < 4.78 is 2.06. The van der Waals surface area contributed by atoms with Crippen LogP contribution < -0.4 is 10.2 Å². The Bertz CT molecular complexity index is 563. The van der Waals surface area contributed by atoms with Gasteiger partial charge >= 0.3 is 0 Å². The van der Waals surface area contributed by atoms with Gasteiger partial charge in [0.15, 0.2) is 11.5 Å². The number of anilines is 2. The van der Waals surface area contributed by atoms with Crippen LogP contribution in [0.25, 0.3) is 5.65 Å². The van der Waals surface area contributed by atoms with Crippen molar-refractivity contribution in [3.8, 4) is 0 Å². The third kappa shape index (κ3) is 3.65. The van der Waals surface area contributed by atoms with Gasteiger partial charge in [-0.15, -0.1) is 0 Å². The number of nitrogens with one attached hydrogen (secondary N) is 1. The van der Waals surface area contributed by atoms with Crippen LogP contribution in [0, 0.1) is 5.92 Å². The van der Waals surface area contributed by atoms with Gasteiger partial charge in [-0.3, -0.25) is 0 Å². The SMILES string of the molecule is CCCNc1cn2ccnc2c(N(CC)CC(C)CC)n1. The number of fused-ring (bicyclic) bond motifs is 1. The smallest absolute Gasteiger partial charge is 0.180 e. The maximum absolute atomic E-state index is 4.80. The summed E-state index contributed by atoms with van der Waals surface area (Å²) in [7, 11) is 0. The molecule has 0 aromatic carbocycles. The number of hydrogen-bond donors (Lipinski definition) is 1. The first kappa shape index (κ1) is 15.6. The number of hydrogen-bond acceptors (Lipinski definition) is 4. The zero-order valence-corrected chi connectivity index (χ0v) is 13.6. The fourth-order valence-electron chi connectivity index (χ4n) is 2.34. The van der Waals surface area contributed by atoms with Crippen LogP contribution in [0.3, 0.4) is 0 Å². The van der Waals surface area contributed by atoms with Gasteiger partial charge in [0.1, 0.15) is 5.82 Å². The minimum absolute atomic E-state index is 0.647. The van der Waals surface area contributed by atoms with E-state index in [0.29, 0.717) is 5.92 Å². The highest BCUT2D eigenvalue weighted by molar-refractivity contribution is 5.66. The van der Waals surface area contributed by atoms with E-state index in [4.69, 9.17) is 4.98 Å². The highest BCUT2D eigenvalue weighted by Gasteiger charge is 2.15. The summed E-state index contributed by atoms with van der Waals surface area (Å²) in [5, 5.41) is 3.38. The second kappa shape index (κ2) is 7.29. The lowest BCUT2D eigenvalue weighted by Gasteiger charge is -2.25. The Labute approximate surface area is 127 Å².